The van der Waals surface area contributed by atoms with E-state index in [0.29, 0.717) is 0 Å². The minimum atomic E-state index is -6.40. The Bertz CT molecular complexity index is 262. The molecule has 0 unspecified atom stereocenters. The molecule has 0 radical (unpaired) electrons. The van der Waals surface area contributed by atoms with Crippen LogP contribution in [0.4, 0.5) is 43.9 Å². The molecule has 4 N–H and O–H groups in total. The van der Waals surface area contributed by atoms with Crippen LogP contribution in [0, 0.1) is 0 Å². The van der Waals surface area contributed by atoms with Crippen LogP contribution in [0.3, 0.4) is 0 Å². The van der Waals surface area contributed by atoms with Gasteiger partial charge in [0.05, 0.1) is 12.1 Å². The Labute approximate surface area is 92.9 Å². The normalized spacial score (nSPS) is 18.7. The molecule has 110 valence electrons. The first-order valence-electron chi connectivity index (χ1n) is 3.97. The van der Waals surface area contributed by atoms with Crippen LogP contribution < -0.4 is 11.5 Å². The van der Waals surface area contributed by atoms with Crippen molar-refractivity contribution in [2.75, 3.05) is 0 Å². The molecule has 0 aromatic carbocycles. The second-order valence-corrected chi connectivity index (χ2v) is 3.29. The summed E-state index contributed by atoms with van der Waals surface area (Å²) >= 11 is 0. The molecule has 0 amide bonds. The molecular formula is C6H6F10N2. The molecule has 12 heteroatoms. The maximum absolute atomic E-state index is 12.5. The first kappa shape index (κ1) is 17.2. The van der Waals surface area contributed by atoms with Crippen LogP contribution in [0.2, 0.25) is 0 Å². The van der Waals surface area contributed by atoms with E-state index in [9.17, 15) is 43.9 Å². The van der Waals surface area contributed by atoms with E-state index in [1.165, 1.54) is 0 Å². The zero-order chi connectivity index (χ0) is 15.2. The molecule has 0 aromatic heterocycles. The van der Waals surface area contributed by atoms with Crippen molar-refractivity contribution >= 4 is 0 Å². The Hall–Kier alpha value is -0.780. The molecule has 0 aliphatic carbocycles. The van der Waals surface area contributed by atoms with Gasteiger partial charge in [0.2, 0.25) is 0 Å². The molecule has 0 aliphatic heterocycles. The monoisotopic (exact) mass is 296 g/mol. The number of nitrogens with two attached hydrogens (primary N) is 2. The van der Waals surface area contributed by atoms with Crippen LogP contribution in [0.25, 0.3) is 0 Å². The SMILES string of the molecule is N[C@H]([C@@H](N)C(F)(F)C(F)(F)F)C(F)(F)C(F)(F)F. The predicted octanol–water partition coefficient (Wildman–Crippen LogP) is 2.04. The lowest BCUT2D eigenvalue weighted by Crippen LogP contribution is -2.67. The molecule has 2 atom stereocenters. The van der Waals surface area contributed by atoms with Crippen molar-refractivity contribution in [2.24, 2.45) is 11.5 Å². The van der Waals surface area contributed by atoms with Gasteiger partial charge in [-0.3, -0.25) is 0 Å². The largest absolute Gasteiger partial charge is 0.455 e. The van der Waals surface area contributed by atoms with E-state index in [2.05, 4.69) is 11.5 Å². The molecular weight excluding hydrogens is 290 g/mol. The standard InChI is InChI=1S/C6H6F10N2/c7-3(8,5(11,12)13)1(17)2(18)4(9,10)6(14,15)16/h1-2H,17-18H2/t1-,2-/m1/s1. The lowest BCUT2D eigenvalue weighted by molar-refractivity contribution is -0.319. The summed E-state index contributed by atoms with van der Waals surface area (Å²) in [5.74, 6) is -12.0. The third-order valence-electron chi connectivity index (χ3n) is 1.98. The average molecular weight is 296 g/mol. The van der Waals surface area contributed by atoms with E-state index in [1.807, 2.05) is 0 Å². The van der Waals surface area contributed by atoms with Gasteiger partial charge in [0.25, 0.3) is 0 Å². The summed E-state index contributed by atoms with van der Waals surface area (Å²) in [4.78, 5) is 0. The molecule has 0 aromatic rings. The Kier molecular flexibility index (Phi) is 4.21. The van der Waals surface area contributed by atoms with Crippen molar-refractivity contribution in [3.8, 4) is 0 Å². The summed E-state index contributed by atoms with van der Waals surface area (Å²) in [7, 11) is 0. The minimum absolute atomic E-state index is 3.95. The van der Waals surface area contributed by atoms with Gasteiger partial charge in [-0.25, -0.2) is 0 Å². The summed E-state index contributed by atoms with van der Waals surface area (Å²) < 4.78 is 120. The van der Waals surface area contributed by atoms with Gasteiger partial charge in [-0.05, 0) is 0 Å². The van der Waals surface area contributed by atoms with Gasteiger partial charge < -0.3 is 11.5 Å². The smallest absolute Gasteiger partial charge is 0.321 e. The Morgan fingerprint density at radius 3 is 0.778 bits per heavy atom. The predicted molar refractivity (Wildman–Crippen MR) is 38.0 cm³/mol. The van der Waals surface area contributed by atoms with Gasteiger partial charge >= 0.3 is 24.2 Å². The Morgan fingerprint density at radius 1 is 0.500 bits per heavy atom. The molecule has 0 rings (SSSR count). The van der Waals surface area contributed by atoms with Gasteiger partial charge in [-0.15, -0.1) is 0 Å². The highest BCUT2D eigenvalue weighted by Gasteiger charge is 2.70. The number of hydrogen-bond donors (Lipinski definition) is 2. The second kappa shape index (κ2) is 4.40. The van der Waals surface area contributed by atoms with Crippen LogP contribution in [0.5, 0.6) is 0 Å². The molecule has 0 saturated carbocycles. The number of alkyl halides is 10. The molecule has 2 nitrogen and oxygen atoms in total. The van der Waals surface area contributed by atoms with Crippen LogP contribution in [0.1, 0.15) is 0 Å². The third-order valence-corrected chi connectivity index (χ3v) is 1.98. The average Bonchev–Trinajstić information content (AvgIpc) is 2.11. The lowest BCUT2D eigenvalue weighted by Gasteiger charge is -2.34. The maximum Gasteiger partial charge on any atom is 0.455 e. The zero-order valence-electron chi connectivity index (χ0n) is 8.09. The van der Waals surface area contributed by atoms with Crippen LogP contribution >= 0.6 is 0 Å². The second-order valence-electron chi connectivity index (χ2n) is 3.29. The summed E-state index contributed by atoms with van der Waals surface area (Å²) in [6.45, 7) is 0. The van der Waals surface area contributed by atoms with E-state index in [4.69, 9.17) is 0 Å². The summed E-state index contributed by atoms with van der Waals surface area (Å²) in [5.41, 5.74) is 8.18. The van der Waals surface area contributed by atoms with Crippen molar-refractivity contribution in [3.05, 3.63) is 0 Å². The van der Waals surface area contributed by atoms with E-state index in [0.717, 1.165) is 0 Å². The summed E-state index contributed by atoms with van der Waals surface area (Å²) in [6.07, 6.45) is -12.8. The van der Waals surface area contributed by atoms with E-state index in [-0.39, 0.29) is 0 Å². The first-order valence-corrected chi connectivity index (χ1v) is 3.97. The van der Waals surface area contributed by atoms with Gasteiger partial charge in [-0.2, -0.15) is 43.9 Å². The highest BCUT2D eigenvalue weighted by Crippen LogP contribution is 2.44. The van der Waals surface area contributed by atoms with Crippen molar-refractivity contribution in [3.63, 3.8) is 0 Å². The van der Waals surface area contributed by atoms with E-state index >= 15 is 0 Å². The molecule has 0 aliphatic rings. The van der Waals surface area contributed by atoms with Crippen LogP contribution in [-0.4, -0.2) is 36.3 Å². The summed E-state index contributed by atoms with van der Waals surface area (Å²) in [6, 6.07) is -7.90. The zero-order valence-corrected chi connectivity index (χ0v) is 8.09. The molecule has 0 saturated heterocycles. The number of halogens is 10. The minimum Gasteiger partial charge on any atom is -0.321 e. The highest BCUT2D eigenvalue weighted by molar-refractivity contribution is 5.01. The van der Waals surface area contributed by atoms with Crippen molar-refractivity contribution in [2.45, 2.75) is 36.3 Å². The van der Waals surface area contributed by atoms with Gasteiger partial charge in [0.15, 0.2) is 0 Å². The van der Waals surface area contributed by atoms with Crippen LogP contribution in [0.15, 0.2) is 0 Å². The Morgan fingerprint density at radius 2 is 0.667 bits per heavy atom. The third kappa shape index (κ3) is 2.79. The number of hydrogen-bond acceptors (Lipinski definition) is 2. The van der Waals surface area contributed by atoms with Gasteiger partial charge in [0, 0.05) is 0 Å². The fraction of sp³-hybridized carbons (Fsp3) is 1.00. The Balaban J connectivity index is 5.31. The van der Waals surface area contributed by atoms with Gasteiger partial charge in [-0.1, -0.05) is 0 Å². The fourth-order valence-electron chi connectivity index (χ4n) is 0.829. The van der Waals surface area contributed by atoms with Crippen LogP contribution in [-0.2, 0) is 0 Å². The molecule has 0 heterocycles. The maximum atomic E-state index is 12.5. The molecule has 0 bridgehead atoms. The quantitative estimate of drug-likeness (QED) is 0.783. The van der Waals surface area contributed by atoms with Gasteiger partial charge in [0.1, 0.15) is 0 Å². The van der Waals surface area contributed by atoms with Crippen molar-refractivity contribution in [1.82, 2.24) is 0 Å². The highest BCUT2D eigenvalue weighted by atomic mass is 19.4. The topological polar surface area (TPSA) is 52.0 Å². The van der Waals surface area contributed by atoms with Crippen molar-refractivity contribution in [1.29, 1.82) is 0 Å². The van der Waals surface area contributed by atoms with Crippen molar-refractivity contribution < 1.29 is 43.9 Å². The van der Waals surface area contributed by atoms with E-state index < -0.39 is 36.3 Å². The first-order chi connectivity index (χ1) is 7.57. The van der Waals surface area contributed by atoms with E-state index in [1.54, 1.807) is 0 Å². The number of rotatable bonds is 3. The fourth-order valence-corrected chi connectivity index (χ4v) is 0.829. The lowest BCUT2D eigenvalue weighted by atomic mass is 9.96. The molecule has 18 heavy (non-hydrogen) atoms. The molecule has 0 spiro atoms. The molecule has 0 fully saturated rings. The summed E-state index contributed by atoms with van der Waals surface area (Å²) in [5, 5.41) is 0.